The molecule has 0 unspecified atom stereocenters. The van der Waals surface area contributed by atoms with Crippen molar-refractivity contribution in [2.45, 2.75) is 45.5 Å². The molecule has 0 amide bonds. The van der Waals surface area contributed by atoms with Gasteiger partial charge in [0.2, 0.25) is 0 Å². The van der Waals surface area contributed by atoms with Crippen LogP contribution < -0.4 is 10.5 Å². The first-order valence-electron chi connectivity index (χ1n) is 5.79. The average Bonchev–Trinajstić information content (AvgIpc) is 2.27. The van der Waals surface area contributed by atoms with E-state index >= 15 is 0 Å². The molecule has 1 aromatic carbocycles. The van der Waals surface area contributed by atoms with Gasteiger partial charge in [0.1, 0.15) is 11.4 Å². The van der Waals surface area contributed by atoms with Crippen molar-refractivity contribution >= 4 is 0 Å². The van der Waals surface area contributed by atoms with Crippen LogP contribution in [-0.2, 0) is 12.7 Å². The van der Waals surface area contributed by atoms with Gasteiger partial charge >= 0.3 is 6.18 Å². The topological polar surface area (TPSA) is 35.2 Å². The summed E-state index contributed by atoms with van der Waals surface area (Å²) >= 11 is 0. The first-order chi connectivity index (χ1) is 8.19. The first-order valence-corrected chi connectivity index (χ1v) is 5.79. The maximum atomic E-state index is 12.8. The molecule has 1 rings (SSSR count). The van der Waals surface area contributed by atoms with E-state index < -0.39 is 17.3 Å². The summed E-state index contributed by atoms with van der Waals surface area (Å²) in [4.78, 5) is 0. The van der Waals surface area contributed by atoms with Crippen LogP contribution in [0.2, 0.25) is 0 Å². The van der Waals surface area contributed by atoms with Crippen molar-refractivity contribution in [1.29, 1.82) is 0 Å². The predicted octanol–water partition coefficient (Wildman–Crippen LogP) is 3.73. The Labute approximate surface area is 105 Å². The molecule has 0 heterocycles. The lowest BCUT2D eigenvalue weighted by atomic mass is 10.0. The van der Waals surface area contributed by atoms with Gasteiger partial charge in [-0.1, -0.05) is 13.0 Å². The molecule has 0 spiro atoms. The zero-order chi connectivity index (χ0) is 14.0. The van der Waals surface area contributed by atoms with Crippen LogP contribution >= 0.6 is 0 Å². The Kier molecular flexibility index (Phi) is 4.27. The Morgan fingerprint density at radius 3 is 2.28 bits per heavy atom. The second-order valence-electron chi connectivity index (χ2n) is 4.74. The van der Waals surface area contributed by atoms with Gasteiger partial charge in [-0.15, -0.1) is 0 Å². The lowest BCUT2D eigenvalue weighted by molar-refractivity contribution is -0.138. The minimum Gasteiger partial charge on any atom is -0.488 e. The molecule has 2 nitrogen and oxygen atoms in total. The van der Waals surface area contributed by atoms with Crippen LogP contribution in [0.3, 0.4) is 0 Å². The zero-order valence-corrected chi connectivity index (χ0v) is 10.8. The molecule has 0 atom stereocenters. The molecule has 18 heavy (non-hydrogen) atoms. The fraction of sp³-hybridized carbons (Fsp3) is 0.538. The monoisotopic (exact) mass is 261 g/mol. The van der Waals surface area contributed by atoms with Crippen LogP contribution in [0, 0.1) is 0 Å². The third-order valence-corrected chi connectivity index (χ3v) is 2.85. The third kappa shape index (κ3) is 3.63. The van der Waals surface area contributed by atoms with Gasteiger partial charge in [-0.2, -0.15) is 13.2 Å². The van der Waals surface area contributed by atoms with E-state index in [1.807, 2.05) is 20.8 Å². The SMILES string of the molecule is CCC(C)(C)Oc1ccc(CN)c(C(F)(F)F)c1. The second-order valence-corrected chi connectivity index (χ2v) is 4.74. The van der Waals surface area contributed by atoms with E-state index in [2.05, 4.69) is 0 Å². The number of alkyl halides is 3. The predicted molar refractivity (Wildman–Crippen MR) is 64.3 cm³/mol. The molecular weight excluding hydrogens is 243 g/mol. The largest absolute Gasteiger partial charge is 0.488 e. The van der Waals surface area contributed by atoms with Crippen molar-refractivity contribution in [3.63, 3.8) is 0 Å². The Balaban J connectivity index is 3.11. The highest BCUT2D eigenvalue weighted by Crippen LogP contribution is 2.35. The molecule has 0 saturated heterocycles. The van der Waals surface area contributed by atoms with Gasteiger partial charge in [-0.05, 0) is 38.0 Å². The summed E-state index contributed by atoms with van der Waals surface area (Å²) in [6.45, 7) is 5.43. The fourth-order valence-corrected chi connectivity index (χ4v) is 1.45. The molecule has 0 aliphatic rings. The number of halogens is 3. The van der Waals surface area contributed by atoms with Crippen molar-refractivity contribution in [3.05, 3.63) is 29.3 Å². The molecular formula is C13H18F3NO. The minimum atomic E-state index is -4.41. The van der Waals surface area contributed by atoms with Gasteiger partial charge in [0.25, 0.3) is 0 Å². The zero-order valence-electron chi connectivity index (χ0n) is 10.8. The normalized spacial score (nSPS) is 12.6. The lowest BCUT2D eigenvalue weighted by Crippen LogP contribution is -2.27. The number of rotatable bonds is 4. The summed E-state index contributed by atoms with van der Waals surface area (Å²) < 4.78 is 44.0. The van der Waals surface area contributed by atoms with Crippen molar-refractivity contribution in [1.82, 2.24) is 0 Å². The number of hydrogen-bond donors (Lipinski definition) is 1. The smallest absolute Gasteiger partial charge is 0.416 e. The van der Waals surface area contributed by atoms with E-state index in [0.717, 1.165) is 6.07 Å². The van der Waals surface area contributed by atoms with Crippen LogP contribution in [-0.4, -0.2) is 5.60 Å². The van der Waals surface area contributed by atoms with Gasteiger partial charge in [-0.25, -0.2) is 0 Å². The number of nitrogens with two attached hydrogens (primary N) is 1. The van der Waals surface area contributed by atoms with E-state index in [9.17, 15) is 13.2 Å². The highest BCUT2D eigenvalue weighted by Gasteiger charge is 2.33. The van der Waals surface area contributed by atoms with Crippen LogP contribution in [0.4, 0.5) is 13.2 Å². The van der Waals surface area contributed by atoms with E-state index in [0.29, 0.717) is 6.42 Å². The molecule has 0 bridgehead atoms. The molecule has 1 aromatic rings. The Bertz CT molecular complexity index is 413. The standard InChI is InChI=1S/C13H18F3NO/c1-4-12(2,3)18-10-6-5-9(8-17)11(7-10)13(14,15)16/h5-7H,4,8,17H2,1-3H3. The number of ether oxygens (including phenoxy) is 1. The second kappa shape index (κ2) is 5.18. The van der Waals surface area contributed by atoms with Gasteiger partial charge in [0.15, 0.2) is 0 Å². The maximum absolute atomic E-state index is 12.8. The van der Waals surface area contributed by atoms with Crippen LogP contribution in [0.1, 0.15) is 38.3 Å². The van der Waals surface area contributed by atoms with Crippen molar-refractivity contribution in [3.8, 4) is 5.75 Å². The highest BCUT2D eigenvalue weighted by molar-refractivity contribution is 5.37. The third-order valence-electron chi connectivity index (χ3n) is 2.85. The fourth-order valence-electron chi connectivity index (χ4n) is 1.45. The van der Waals surface area contributed by atoms with Gasteiger partial charge in [0.05, 0.1) is 5.56 Å². The molecule has 0 fully saturated rings. The van der Waals surface area contributed by atoms with E-state index in [1.165, 1.54) is 12.1 Å². The first kappa shape index (κ1) is 14.8. The van der Waals surface area contributed by atoms with Gasteiger partial charge in [0, 0.05) is 6.54 Å². The summed E-state index contributed by atoms with van der Waals surface area (Å²) in [7, 11) is 0. The Hall–Kier alpha value is -1.23. The van der Waals surface area contributed by atoms with Crippen molar-refractivity contribution in [2.75, 3.05) is 0 Å². The average molecular weight is 261 g/mol. The molecule has 0 saturated carbocycles. The van der Waals surface area contributed by atoms with E-state index in [4.69, 9.17) is 10.5 Å². The molecule has 2 N–H and O–H groups in total. The highest BCUT2D eigenvalue weighted by atomic mass is 19.4. The van der Waals surface area contributed by atoms with Crippen LogP contribution in [0.25, 0.3) is 0 Å². The summed E-state index contributed by atoms with van der Waals surface area (Å²) in [6, 6.07) is 3.90. The van der Waals surface area contributed by atoms with E-state index in [-0.39, 0.29) is 17.9 Å². The molecule has 0 aromatic heterocycles. The Morgan fingerprint density at radius 1 is 1.22 bits per heavy atom. The summed E-state index contributed by atoms with van der Waals surface area (Å²) in [5.74, 6) is 0.214. The number of benzene rings is 1. The summed E-state index contributed by atoms with van der Waals surface area (Å²) in [6.07, 6.45) is -3.71. The molecule has 0 aliphatic carbocycles. The van der Waals surface area contributed by atoms with Crippen molar-refractivity contribution < 1.29 is 17.9 Å². The summed E-state index contributed by atoms with van der Waals surface area (Å²) in [5, 5.41) is 0. The molecule has 0 aliphatic heterocycles. The quantitative estimate of drug-likeness (QED) is 0.896. The van der Waals surface area contributed by atoms with E-state index in [1.54, 1.807) is 0 Å². The van der Waals surface area contributed by atoms with Crippen LogP contribution in [0.15, 0.2) is 18.2 Å². The lowest BCUT2D eigenvalue weighted by Gasteiger charge is -2.25. The molecule has 102 valence electrons. The maximum Gasteiger partial charge on any atom is 0.416 e. The van der Waals surface area contributed by atoms with Crippen LogP contribution in [0.5, 0.6) is 5.75 Å². The summed E-state index contributed by atoms with van der Waals surface area (Å²) in [5.41, 5.74) is 4.16. The minimum absolute atomic E-state index is 0.0733. The van der Waals surface area contributed by atoms with Crippen molar-refractivity contribution in [2.24, 2.45) is 5.73 Å². The Morgan fingerprint density at radius 2 is 1.83 bits per heavy atom. The van der Waals surface area contributed by atoms with Gasteiger partial charge in [-0.3, -0.25) is 0 Å². The molecule has 5 heteroatoms. The molecule has 0 radical (unpaired) electrons. The van der Waals surface area contributed by atoms with Gasteiger partial charge < -0.3 is 10.5 Å². The number of hydrogen-bond acceptors (Lipinski definition) is 2.